The number of carboxylic acid groups (broad SMARTS) is 1. The molecule has 0 atom stereocenters. The SMILES string of the molecule is NC(=O)c1cc(-c2cc(Cl)c3ccc(C(=O)N4CCN(CCCC(=O)O)CC4)cc3n2)ccc1F. The lowest BCUT2D eigenvalue weighted by Gasteiger charge is -2.34. The van der Waals surface area contributed by atoms with Crippen molar-refractivity contribution in [3.63, 3.8) is 0 Å². The number of amides is 2. The van der Waals surface area contributed by atoms with Crippen LogP contribution in [0, 0.1) is 5.82 Å². The fraction of sp³-hybridized carbons (Fsp3) is 0.280. The van der Waals surface area contributed by atoms with Crippen molar-refractivity contribution in [2.24, 2.45) is 5.73 Å². The second-order valence-corrected chi connectivity index (χ2v) is 8.82. The van der Waals surface area contributed by atoms with Gasteiger partial charge in [0.25, 0.3) is 11.8 Å². The Morgan fingerprint density at radius 1 is 1.06 bits per heavy atom. The highest BCUT2D eigenvalue weighted by molar-refractivity contribution is 6.35. The third-order valence-electron chi connectivity index (χ3n) is 6.06. The molecule has 1 saturated heterocycles. The number of carboxylic acids is 1. The highest BCUT2D eigenvalue weighted by atomic mass is 35.5. The number of nitrogens with zero attached hydrogens (tertiary/aromatic N) is 3. The molecule has 2 amide bonds. The molecule has 3 N–H and O–H groups in total. The minimum Gasteiger partial charge on any atom is -0.481 e. The number of carbonyl (C=O) groups is 3. The molecule has 1 aliphatic heterocycles. The maximum absolute atomic E-state index is 13.9. The Hall–Kier alpha value is -3.56. The topological polar surface area (TPSA) is 117 Å². The summed E-state index contributed by atoms with van der Waals surface area (Å²) in [6.07, 6.45) is 0.716. The number of aromatic nitrogens is 1. The van der Waals surface area contributed by atoms with Crippen LogP contribution in [0.3, 0.4) is 0 Å². The summed E-state index contributed by atoms with van der Waals surface area (Å²) in [4.78, 5) is 43.9. The van der Waals surface area contributed by atoms with E-state index in [1.807, 2.05) is 0 Å². The molecule has 0 aliphatic carbocycles. The van der Waals surface area contributed by atoms with E-state index in [2.05, 4.69) is 9.88 Å². The van der Waals surface area contributed by atoms with Crippen molar-refractivity contribution >= 4 is 40.3 Å². The molecule has 2 heterocycles. The zero-order chi connectivity index (χ0) is 25.1. The zero-order valence-corrected chi connectivity index (χ0v) is 19.6. The molecule has 35 heavy (non-hydrogen) atoms. The average molecular weight is 499 g/mol. The molecule has 0 spiro atoms. The number of benzene rings is 2. The Morgan fingerprint density at radius 3 is 2.49 bits per heavy atom. The molecule has 3 aromatic rings. The molecule has 1 aliphatic rings. The van der Waals surface area contributed by atoms with E-state index in [1.54, 1.807) is 29.2 Å². The summed E-state index contributed by atoms with van der Waals surface area (Å²) >= 11 is 6.46. The first kappa shape index (κ1) is 24.6. The van der Waals surface area contributed by atoms with Crippen molar-refractivity contribution in [1.82, 2.24) is 14.8 Å². The van der Waals surface area contributed by atoms with Gasteiger partial charge in [0.2, 0.25) is 0 Å². The van der Waals surface area contributed by atoms with Gasteiger partial charge in [-0.2, -0.15) is 0 Å². The number of piperazine rings is 1. The van der Waals surface area contributed by atoms with E-state index in [4.69, 9.17) is 22.4 Å². The predicted octanol–water partition coefficient (Wildman–Crippen LogP) is 3.42. The van der Waals surface area contributed by atoms with E-state index in [0.29, 0.717) is 71.9 Å². The van der Waals surface area contributed by atoms with Crippen LogP contribution in [0.5, 0.6) is 0 Å². The number of primary amides is 1. The summed E-state index contributed by atoms with van der Waals surface area (Å²) in [5, 5.41) is 9.85. The quantitative estimate of drug-likeness (QED) is 0.515. The van der Waals surface area contributed by atoms with Gasteiger partial charge in [-0.3, -0.25) is 19.3 Å². The summed E-state index contributed by atoms with van der Waals surface area (Å²) in [6.45, 7) is 3.14. The molecule has 2 aromatic carbocycles. The number of pyridine rings is 1. The predicted molar refractivity (Wildman–Crippen MR) is 130 cm³/mol. The van der Waals surface area contributed by atoms with Crippen LogP contribution in [0.4, 0.5) is 4.39 Å². The van der Waals surface area contributed by atoms with Gasteiger partial charge < -0.3 is 15.7 Å². The van der Waals surface area contributed by atoms with Gasteiger partial charge in [-0.15, -0.1) is 0 Å². The molecular weight excluding hydrogens is 475 g/mol. The minimum absolute atomic E-state index is 0.127. The van der Waals surface area contributed by atoms with Gasteiger partial charge in [0.05, 0.1) is 21.8 Å². The van der Waals surface area contributed by atoms with E-state index >= 15 is 0 Å². The molecular formula is C25H24ClFN4O4. The fourth-order valence-electron chi connectivity index (χ4n) is 4.15. The highest BCUT2D eigenvalue weighted by Gasteiger charge is 2.23. The van der Waals surface area contributed by atoms with E-state index in [-0.39, 0.29) is 17.9 Å². The van der Waals surface area contributed by atoms with Crippen molar-refractivity contribution in [3.05, 3.63) is 64.4 Å². The number of hydrogen-bond acceptors (Lipinski definition) is 5. The van der Waals surface area contributed by atoms with Gasteiger partial charge >= 0.3 is 5.97 Å². The number of nitrogens with two attached hydrogens (primary N) is 1. The Bertz CT molecular complexity index is 1310. The number of halogens is 2. The highest BCUT2D eigenvalue weighted by Crippen LogP contribution is 2.30. The first-order valence-corrected chi connectivity index (χ1v) is 11.5. The van der Waals surface area contributed by atoms with Crippen LogP contribution in [0.2, 0.25) is 5.02 Å². The first-order valence-electron chi connectivity index (χ1n) is 11.2. The number of fused-ring (bicyclic) bond motifs is 1. The Morgan fingerprint density at radius 2 is 1.80 bits per heavy atom. The first-order chi connectivity index (χ1) is 16.7. The Labute approximate surface area is 206 Å². The average Bonchev–Trinajstić information content (AvgIpc) is 2.83. The number of rotatable bonds is 7. The third kappa shape index (κ3) is 5.58. The van der Waals surface area contributed by atoms with E-state index in [9.17, 15) is 18.8 Å². The Kier molecular flexibility index (Phi) is 7.28. The van der Waals surface area contributed by atoms with Gasteiger partial charge in [0.15, 0.2) is 0 Å². The van der Waals surface area contributed by atoms with E-state index < -0.39 is 17.7 Å². The van der Waals surface area contributed by atoms with Gasteiger partial charge in [-0.25, -0.2) is 9.37 Å². The van der Waals surface area contributed by atoms with Gasteiger partial charge in [0.1, 0.15) is 5.82 Å². The van der Waals surface area contributed by atoms with Crippen LogP contribution in [0.1, 0.15) is 33.6 Å². The third-order valence-corrected chi connectivity index (χ3v) is 6.37. The van der Waals surface area contributed by atoms with Crippen molar-refractivity contribution in [2.75, 3.05) is 32.7 Å². The van der Waals surface area contributed by atoms with Crippen LogP contribution >= 0.6 is 11.6 Å². The molecule has 0 radical (unpaired) electrons. The van der Waals surface area contributed by atoms with Crippen molar-refractivity contribution in [1.29, 1.82) is 0 Å². The molecule has 0 unspecified atom stereocenters. The van der Waals surface area contributed by atoms with Crippen LogP contribution in [-0.4, -0.2) is 70.4 Å². The number of hydrogen-bond donors (Lipinski definition) is 2. The summed E-state index contributed by atoms with van der Waals surface area (Å²) < 4.78 is 13.9. The van der Waals surface area contributed by atoms with Crippen molar-refractivity contribution in [2.45, 2.75) is 12.8 Å². The molecule has 8 nitrogen and oxygen atoms in total. The largest absolute Gasteiger partial charge is 0.481 e. The normalized spacial score (nSPS) is 14.3. The summed E-state index contributed by atoms with van der Waals surface area (Å²) in [5.41, 5.74) is 6.87. The summed E-state index contributed by atoms with van der Waals surface area (Å²) in [5.74, 6) is -2.54. The monoisotopic (exact) mass is 498 g/mol. The lowest BCUT2D eigenvalue weighted by molar-refractivity contribution is -0.137. The second-order valence-electron chi connectivity index (χ2n) is 8.41. The second kappa shape index (κ2) is 10.4. The van der Waals surface area contributed by atoms with E-state index in [1.165, 1.54) is 12.1 Å². The molecule has 1 fully saturated rings. The lowest BCUT2D eigenvalue weighted by atomic mass is 10.0. The molecule has 4 rings (SSSR count). The van der Waals surface area contributed by atoms with Crippen molar-refractivity contribution in [3.8, 4) is 11.3 Å². The molecule has 0 saturated carbocycles. The minimum atomic E-state index is -0.883. The van der Waals surface area contributed by atoms with Gasteiger partial charge in [-0.05, 0) is 49.4 Å². The Balaban J connectivity index is 1.53. The smallest absolute Gasteiger partial charge is 0.303 e. The van der Waals surface area contributed by atoms with Crippen LogP contribution in [-0.2, 0) is 4.79 Å². The number of aliphatic carboxylic acids is 1. The zero-order valence-electron chi connectivity index (χ0n) is 18.8. The molecule has 182 valence electrons. The van der Waals surface area contributed by atoms with Crippen molar-refractivity contribution < 1.29 is 23.9 Å². The number of carbonyl (C=O) groups excluding carboxylic acids is 2. The van der Waals surface area contributed by atoms with Crippen LogP contribution < -0.4 is 5.73 Å². The van der Waals surface area contributed by atoms with Crippen LogP contribution in [0.25, 0.3) is 22.2 Å². The molecule has 0 bridgehead atoms. The standard InChI is InChI=1S/C25H24ClFN4O4/c26-19-14-21(15-4-6-20(27)18(12-15)24(28)34)29-22-13-16(3-5-17(19)22)25(35)31-10-8-30(9-11-31)7-1-2-23(32)33/h3-6,12-14H,1-2,7-11H2,(H2,28,34)(H,32,33). The summed E-state index contributed by atoms with van der Waals surface area (Å²) in [7, 11) is 0. The fourth-order valence-corrected chi connectivity index (χ4v) is 4.41. The van der Waals surface area contributed by atoms with Gasteiger partial charge in [0, 0.05) is 49.1 Å². The summed E-state index contributed by atoms with van der Waals surface area (Å²) in [6, 6.07) is 10.7. The van der Waals surface area contributed by atoms with Crippen LogP contribution in [0.15, 0.2) is 42.5 Å². The van der Waals surface area contributed by atoms with Gasteiger partial charge in [-0.1, -0.05) is 17.7 Å². The maximum Gasteiger partial charge on any atom is 0.303 e. The molecule has 1 aromatic heterocycles. The lowest BCUT2D eigenvalue weighted by Crippen LogP contribution is -2.48. The van der Waals surface area contributed by atoms with E-state index in [0.717, 1.165) is 6.07 Å². The molecule has 10 heteroatoms. The maximum atomic E-state index is 13.9.